The first-order valence-corrected chi connectivity index (χ1v) is 8.29. The highest BCUT2D eigenvalue weighted by Crippen LogP contribution is 2.35. The van der Waals surface area contributed by atoms with E-state index < -0.39 is 0 Å². The molecular weight excluding hydrogens is 286 g/mol. The molecule has 3 heteroatoms. The van der Waals surface area contributed by atoms with Crippen LogP contribution < -0.4 is 5.32 Å². The number of nitrogens with one attached hydrogen (secondary N) is 1. The smallest absolute Gasteiger partial charge is 0.0602 e. The fourth-order valence-electron chi connectivity index (χ4n) is 2.51. The first-order chi connectivity index (χ1) is 9.54. The average molecular weight is 308 g/mol. The largest absolute Gasteiger partial charge is 0.306 e. The molecule has 20 heavy (non-hydrogen) atoms. The lowest BCUT2D eigenvalue weighted by Crippen LogP contribution is -2.23. The number of hydrogen-bond donors (Lipinski definition) is 1. The zero-order chi connectivity index (χ0) is 14.7. The van der Waals surface area contributed by atoms with Crippen LogP contribution in [-0.2, 0) is 0 Å². The van der Waals surface area contributed by atoms with Gasteiger partial charge in [0.1, 0.15) is 0 Å². The van der Waals surface area contributed by atoms with Crippen LogP contribution in [0.15, 0.2) is 24.3 Å². The van der Waals surface area contributed by atoms with E-state index in [1.807, 2.05) is 11.3 Å². The second-order valence-electron chi connectivity index (χ2n) is 5.23. The Bertz CT molecular complexity index is 589. The monoisotopic (exact) mass is 307 g/mol. The molecule has 0 aliphatic heterocycles. The van der Waals surface area contributed by atoms with Gasteiger partial charge in [0.2, 0.25) is 0 Å². The summed E-state index contributed by atoms with van der Waals surface area (Å²) in [5, 5.41) is 4.53. The van der Waals surface area contributed by atoms with E-state index in [0.29, 0.717) is 0 Å². The molecule has 0 saturated carbocycles. The van der Waals surface area contributed by atoms with Crippen LogP contribution in [-0.4, -0.2) is 6.54 Å². The van der Waals surface area contributed by atoms with Gasteiger partial charge in [0.05, 0.1) is 6.04 Å². The second-order valence-corrected chi connectivity index (χ2v) is 7.07. The Hall–Kier alpha value is -0.830. The summed E-state index contributed by atoms with van der Waals surface area (Å²) in [7, 11) is 0. The summed E-state index contributed by atoms with van der Waals surface area (Å²) in [6, 6.07) is 8.76. The van der Waals surface area contributed by atoms with Crippen molar-refractivity contribution in [3.05, 3.63) is 55.7 Å². The van der Waals surface area contributed by atoms with Crippen molar-refractivity contribution in [2.75, 3.05) is 6.54 Å². The Balaban J connectivity index is 2.47. The third-order valence-electron chi connectivity index (χ3n) is 3.52. The quantitative estimate of drug-likeness (QED) is 0.778. The van der Waals surface area contributed by atoms with Crippen molar-refractivity contribution in [1.82, 2.24) is 5.32 Å². The summed E-state index contributed by atoms with van der Waals surface area (Å²) >= 11 is 8.39. The van der Waals surface area contributed by atoms with Crippen LogP contribution in [0.25, 0.3) is 0 Å². The Kier molecular flexibility index (Phi) is 5.25. The molecule has 0 bridgehead atoms. The molecule has 1 unspecified atom stereocenters. The number of hydrogen-bond acceptors (Lipinski definition) is 2. The van der Waals surface area contributed by atoms with Crippen molar-refractivity contribution < 1.29 is 0 Å². The molecule has 1 nitrogen and oxygen atoms in total. The van der Waals surface area contributed by atoms with Crippen molar-refractivity contribution >= 4 is 22.9 Å². The number of thiophene rings is 1. The lowest BCUT2D eigenvalue weighted by atomic mass is 9.97. The molecule has 1 heterocycles. The summed E-state index contributed by atoms with van der Waals surface area (Å²) in [6.07, 6.45) is 1.11. The zero-order valence-electron chi connectivity index (χ0n) is 12.6. The van der Waals surface area contributed by atoms with E-state index in [9.17, 15) is 0 Å². The van der Waals surface area contributed by atoms with Crippen LogP contribution in [0.5, 0.6) is 0 Å². The number of aryl methyl sites for hydroxylation is 3. The number of halogens is 1. The molecule has 0 aliphatic rings. The van der Waals surface area contributed by atoms with Gasteiger partial charge < -0.3 is 5.32 Å². The molecule has 0 saturated heterocycles. The third-order valence-corrected chi connectivity index (χ3v) is 5.02. The highest BCUT2D eigenvalue weighted by molar-refractivity contribution is 7.12. The Morgan fingerprint density at radius 1 is 1.20 bits per heavy atom. The molecule has 0 fully saturated rings. The minimum Gasteiger partial charge on any atom is -0.306 e. The predicted octanol–water partition coefficient (Wildman–Crippen LogP) is 5.42. The molecule has 1 atom stereocenters. The Morgan fingerprint density at radius 3 is 2.55 bits per heavy atom. The lowest BCUT2D eigenvalue weighted by molar-refractivity contribution is 0.598. The maximum absolute atomic E-state index is 6.54. The van der Waals surface area contributed by atoms with Crippen LogP contribution in [0.1, 0.15) is 45.8 Å². The van der Waals surface area contributed by atoms with E-state index in [4.69, 9.17) is 11.6 Å². The molecule has 108 valence electrons. The predicted molar refractivity (Wildman–Crippen MR) is 90.1 cm³/mol. The minimum absolute atomic E-state index is 0.187. The second kappa shape index (κ2) is 6.75. The Labute approximate surface area is 131 Å². The topological polar surface area (TPSA) is 12.0 Å². The van der Waals surface area contributed by atoms with Crippen molar-refractivity contribution in [3.63, 3.8) is 0 Å². The van der Waals surface area contributed by atoms with Gasteiger partial charge in [-0.1, -0.05) is 36.7 Å². The van der Waals surface area contributed by atoms with Gasteiger partial charge in [0.15, 0.2) is 0 Å². The van der Waals surface area contributed by atoms with E-state index in [-0.39, 0.29) is 6.04 Å². The first-order valence-electron chi connectivity index (χ1n) is 7.10. The van der Waals surface area contributed by atoms with E-state index in [1.165, 1.54) is 20.9 Å². The third kappa shape index (κ3) is 3.25. The van der Waals surface area contributed by atoms with Gasteiger partial charge in [-0.25, -0.2) is 0 Å². The lowest BCUT2D eigenvalue weighted by Gasteiger charge is -2.21. The SMILES string of the molecule is CCCNC(c1cc(C)sc1C)c1cccc(C)c1Cl. The standard InChI is InChI=1S/C17H22ClNS/c1-5-9-19-17(15-10-12(3)20-13(15)4)14-8-6-7-11(2)16(14)18/h6-8,10,17,19H,5,9H2,1-4H3. The fraction of sp³-hybridized carbons (Fsp3) is 0.412. The van der Waals surface area contributed by atoms with Gasteiger partial charge in [-0.05, 0) is 56.5 Å². The van der Waals surface area contributed by atoms with Gasteiger partial charge in [-0.15, -0.1) is 11.3 Å². The summed E-state index contributed by atoms with van der Waals surface area (Å²) in [5.41, 5.74) is 3.67. The van der Waals surface area contributed by atoms with Crippen LogP contribution in [0, 0.1) is 20.8 Å². The minimum atomic E-state index is 0.187. The van der Waals surface area contributed by atoms with Gasteiger partial charge >= 0.3 is 0 Å². The number of rotatable bonds is 5. The molecule has 1 N–H and O–H groups in total. The van der Waals surface area contributed by atoms with E-state index >= 15 is 0 Å². The highest BCUT2D eigenvalue weighted by atomic mass is 35.5. The first kappa shape index (κ1) is 15.6. The van der Waals surface area contributed by atoms with Gasteiger partial charge in [0.25, 0.3) is 0 Å². The van der Waals surface area contributed by atoms with Crippen LogP contribution in [0.4, 0.5) is 0 Å². The average Bonchev–Trinajstić information content (AvgIpc) is 2.74. The molecule has 0 amide bonds. The molecule has 1 aromatic carbocycles. The molecule has 0 radical (unpaired) electrons. The summed E-state index contributed by atoms with van der Waals surface area (Å²) < 4.78 is 0. The molecular formula is C17H22ClNS. The van der Waals surface area contributed by atoms with Crippen molar-refractivity contribution in [3.8, 4) is 0 Å². The summed E-state index contributed by atoms with van der Waals surface area (Å²) in [5.74, 6) is 0. The molecule has 0 spiro atoms. The van der Waals surface area contributed by atoms with E-state index in [1.54, 1.807) is 0 Å². The van der Waals surface area contributed by atoms with Crippen LogP contribution >= 0.6 is 22.9 Å². The van der Waals surface area contributed by atoms with Gasteiger partial charge in [0, 0.05) is 14.8 Å². The van der Waals surface area contributed by atoms with Crippen LogP contribution in [0.2, 0.25) is 5.02 Å². The van der Waals surface area contributed by atoms with Crippen molar-refractivity contribution in [2.24, 2.45) is 0 Å². The maximum Gasteiger partial charge on any atom is 0.0602 e. The van der Waals surface area contributed by atoms with Crippen molar-refractivity contribution in [2.45, 2.75) is 40.2 Å². The number of benzene rings is 1. The summed E-state index contributed by atoms with van der Waals surface area (Å²) in [4.78, 5) is 2.72. The van der Waals surface area contributed by atoms with E-state index in [2.05, 4.69) is 57.3 Å². The van der Waals surface area contributed by atoms with Crippen LogP contribution in [0.3, 0.4) is 0 Å². The zero-order valence-corrected chi connectivity index (χ0v) is 14.2. The molecule has 1 aromatic heterocycles. The fourth-order valence-corrected chi connectivity index (χ4v) is 3.70. The molecule has 2 aromatic rings. The summed E-state index contributed by atoms with van der Waals surface area (Å²) in [6.45, 7) is 9.60. The highest BCUT2D eigenvalue weighted by Gasteiger charge is 2.20. The molecule has 2 rings (SSSR count). The van der Waals surface area contributed by atoms with E-state index in [0.717, 1.165) is 23.6 Å². The Morgan fingerprint density at radius 2 is 1.95 bits per heavy atom. The van der Waals surface area contributed by atoms with Gasteiger partial charge in [-0.3, -0.25) is 0 Å². The molecule has 0 aliphatic carbocycles. The maximum atomic E-state index is 6.54. The van der Waals surface area contributed by atoms with Crippen molar-refractivity contribution in [1.29, 1.82) is 0 Å². The van der Waals surface area contributed by atoms with Gasteiger partial charge in [-0.2, -0.15) is 0 Å². The normalized spacial score (nSPS) is 12.7.